The Balaban J connectivity index is 3.36. The summed E-state index contributed by atoms with van der Waals surface area (Å²) < 4.78 is 224. The number of alkyl halides is 17. The van der Waals surface area contributed by atoms with Gasteiger partial charge in [-0.05, 0) is 29.6 Å². The molecule has 1 rings (SSSR count). The minimum absolute atomic E-state index is 0.656. The molecule has 0 spiro atoms. The van der Waals surface area contributed by atoms with Crippen LogP contribution in [0.1, 0.15) is 18.7 Å². The molecule has 0 aliphatic heterocycles. The van der Waals surface area contributed by atoms with Gasteiger partial charge >= 0.3 is 47.6 Å². The highest BCUT2D eigenvalue weighted by molar-refractivity contribution is 6.30. The van der Waals surface area contributed by atoms with E-state index in [1.54, 1.807) is 0 Å². The van der Waals surface area contributed by atoms with E-state index >= 15 is 0 Å². The molecule has 0 aliphatic rings. The smallest absolute Gasteiger partial charge is 0.203 e. The standard InChI is InChI=1S/C14H6Cl2F17N3/c15-5-34-4(35-6(16)36-5)2-1-3-7(17,18)8(19,20)9(21,22)10(23,24)11(25,26)12(27,28)13(29,30)14(31,32)33/h1-3H2. The van der Waals surface area contributed by atoms with Crippen LogP contribution in [0.4, 0.5) is 74.6 Å². The maximum absolute atomic E-state index is 13.8. The molecule has 0 aromatic carbocycles. The first-order valence-electron chi connectivity index (χ1n) is 8.39. The number of aromatic nitrogens is 3. The van der Waals surface area contributed by atoms with Crippen LogP contribution in [0.15, 0.2) is 0 Å². The van der Waals surface area contributed by atoms with Crippen LogP contribution in [-0.4, -0.2) is 62.6 Å². The molecule has 3 nitrogen and oxygen atoms in total. The van der Waals surface area contributed by atoms with Gasteiger partial charge in [0.25, 0.3) is 0 Å². The Labute approximate surface area is 197 Å². The minimum Gasteiger partial charge on any atom is -0.203 e. The van der Waals surface area contributed by atoms with Crippen molar-refractivity contribution in [2.45, 2.75) is 66.9 Å². The molecular weight excluding hydrogens is 604 g/mol. The van der Waals surface area contributed by atoms with Gasteiger partial charge in [-0.25, -0.2) is 9.97 Å². The molecule has 0 saturated carbocycles. The number of nitrogens with zero attached hydrogens (tertiary/aromatic N) is 3. The van der Waals surface area contributed by atoms with Crippen molar-refractivity contribution in [3.63, 3.8) is 0 Å². The van der Waals surface area contributed by atoms with Gasteiger partial charge in [0.1, 0.15) is 5.82 Å². The number of hydrogen-bond acceptors (Lipinski definition) is 3. The van der Waals surface area contributed by atoms with Crippen LogP contribution in [0.5, 0.6) is 0 Å². The van der Waals surface area contributed by atoms with Gasteiger partial charge in [0.2, 0.25) is 10.6 Å². The highest BCUT2D eigenvalue weighted by Gasteiger charge is 2.95. The van der Waals surface area contributed by atoms with Crippen molar-refractivity contribution in [2.75, 3.05) is 0 Å². The summed E-state index contributed by atoms with van der Waals surface area (Å²) in [4.78, 5) is 9.60. The first-order valence-corrected chi connectivity index (χ1v) is 9.15. The highest BCUT2D eigenvalue weighted by atomic mass is 35.5. The van der Waals surface area contributed by atoms with E-state index in [2.05, 4.69) is 15.0 Å². The predicted molar refractivity (Wildman–Crippen MR) is 83.5 cm³/mol. The monoisotopic (exact) mass is 609 g/mol. The molecule has 1 heterocycles. The number of aryl methyl sites for hydroxylation is 1. The minimum atomic E-state index is -8.65. The molecule has 0 radical (unpaired) electrons. The molecule has 210 valence electrons. The molecular formula is C14H6Cl2F17N3. The Hall–Kier alpha value is -1.60. The molecule has 0 fully saturated rings. The van der Waals surface area contributed by atoms with E-state index in [-0.39, 0.29) is 0 Å². The molecule has 36 heavy (non-hydrogen) atoms. The van der Waals surface area contributed by atoms with Crippen molar-refractivity contribution in [3.8, 4) is 0 Å². The predicted octanol–water partition coefficient (Wildman–Crippen LogP) is 7.51. The summed E-state index contributed by atoms with van der Waals surface area (Å²) in [5.41, 5.74) is 0. The van der Waals surface area contributed by atoms with Crippen molar-refractivity contribution in [3.05, 3.63) is 16.4 Å². The van der Waals surface area contributed by atoms with Crippen molar-refractivity contribution < 1.29 is 74.6 Å². The fourth-order valence-electron chi connectivity index (χ4n) is 2.30. The van der Waals surface area contributed by atoms with E-state index in [0.29, 0.717) is 0 Å². The summed E-state index contributed by atoms with van der Waals surface area (Å²) in [5, 5.41) is -1.38. The second kappa shape index (κ2) is 9.30. The summed E-state index contributed by atoms with van der Waals surface area (Å²) in [6.45, 7) is 0. The SMILES string of the molecule is FC(F)(F)C(F)(F)C(F)(F)C(F)(F)C(F)(F)C(F)(F)C(F)(F)C(F)(F)CCCc1nc(Cl)nc(Cl)n1. The van der Waals surface area contributed by atoms with E-state index in [0.717, 1.165) is 0 Å². The van der Waals surface area contributed by atoms with Crippen LogP contribution in [0.25, 0.3) is 0 Å². The molecule has 0 aliphatic carbocycles. The number of rotatable bonds is 10. The second-order valence-corrected chi connectivity index (χ2v) is 7.47. The third-order valence-electron chi connectivity index (χ3n) is 4.31. The van der Waals surface area contributed by atoms with E-state index in [1.807, 2.05) is 0 Å². The maximum Gasteiger partial charge on any atom is 0.460 e. The lowest BCUT2D eigenvalue weighted by molar-refractivity contribution is -0.461. The Bertz CT molecular complexity index is 927. The third kappa shape index (κ3) is 4.94. The van der Waals surface area contributed by atoms with Gasteiger partial charge in [0.05, 0.1) is 0 Å². The van der Waals surface area contributed by atoms with Crippen LogP contribution >= 0.6 is 23.2 Å². The van der Waals surface area contributed by atoms with Gasteiger partial charge in [-0.15, -0.1) is 0 Å². The molecule has 0 unspecified atom stereocenters. The Morgan fingerprint density at radius 1 is 0.472 bits per heavy atom. The van der Waals surface area contributed by atoms with E-state index in [1.165, 1.54) is 0 Å². The van der Waals surface area contributed by atoms with Gasteiger partial charge in [-0.1, -0.05) is 0 Å². The van der Waals surface area contributed by atoms with Crippen molar-refractivity contribution in [2.24, 2.45) is 0 Å². The molecule has 1 aromatic heterocycles. The Morgan fingerprint density at radius 2 is 0.806 bits per heavy atom. The van der Waals surface area contributed by atoms with Crippen LogP contribution in [0, 0.1) is 0 Å². The van der Waals surface area contributed by atoms with Crippen LogP contribution in [-0.2, 0) is 6.42 Å². The van der Waals surface area contributed by atoms with Gasteiger partial charge in [0, 0.05) is 12.8 Å². The lowest BCUT2D eigenvalue weighted by Crippen LogP contribution is -2.74. The van der Waals surface area contributed by atoms with Crippen LogP contribution < -0.4 is 0 Å². The summed E-state index contributed by atoms with van der Waals surface area (Å²) >= 11 is 10.6. The van der Waals surface area contributed by atoms with Gasteiger partial charge in [-0.2, -0.15) is 79.6 Å². The normalized spacial score (nSPS) is 15.4. The fraction of sp³-hybridized carbons (Fsp3) is 0.786. The molecule has 0 saturated heterocycles. The zero-order chi connectivity index (χ0) is 29.0. The van der Waals surface area contributed by atoms with Crippen molar-refractivity contribution >= 4 is 23.2 Å². The maximum atomic E-state index is 13.8. The number of halogens is 19. The largest absolute Gasteiger partial charge is 0.460 e. The summed E-state index contributed by atoms with van der Waals surface area (Å²) in [6.07, 6.45) is -12.8. The Morgan fingerprint density at radius 3 is 1.17 bits per heavy atom. The zero-order valence-corrected chi connectivity index (χ0v) is 17.7. The van der Waals surface area contributed by atoms with Crippen molar-refractivity contribution in [1.82, 2.24) is 15.0 Å². The third-order valence-corrected chi connectivity index (χ3v) is 4.64. The van der Waals surface area contributed by atoms with Gasteiger partial charge < -0.3 is 0 Å². The Kier molecular flexibility index (Phi) is 8.38. The van der Waals surface area contributed by atoms with Gasteiger partial charge in [0.15, 0.2) is 0 Å². The first-order chi connectivity index (χ1) is 15.6. The van der Waals surface area contributed by atoms with Crippen LogP contribution in [0.3, 0.4) is 0 Å². The van der Waals surface area contributed by atoms with Crippen LogP contribution in [0.2, 0.25) is 10.6 Å². The molecule has 22 heteroatoms. The second-order valence-electron chi connectivity index (χ2n) is 6.79. The van der Waals surface area contributed by atoms with Crippen molar-refractivity contribution in [1.29, 1.82) is 0 Å². The average molecular weight is 610 g/mol. The molecule has 0 atom stereocenters. The summed E-state index contributed by atoms with van der Waals surface area (Å²) in [7, 11) is 0. The zero-order valence-electron chi connectivity index (χ0n) is 16.1. The van der Waals surface area contributed by atoms with E-state index in [9.17, 15) is 74.6 Å². The van der Waals surface area contributed by atoms with Gasteiger partial charge in [-0.3, -0.25) is 0 Å². The summed E-state index contributed by atoms with van der Waals surface area (Å²) in [6, 6.07) is 0. The fourth-order valence-corrected chi connectivity index (χ4v) is 2.70. The average Bonchev–Trinajstić information content (AvgIpc) is 2.65. The first kappa shape index (κ1) is 32.4. The molecule has 1 aromatic rings. The highest BCUT2D eigenvalue weighted by Crippen LogP contribution is 2.64. The lowest BCUT2D eigenvalue weighted by Gasteiger charge is -2.42. The number of hydrogen-bond donors (Lipinski definition) is 0. The topological polar surface area (TPSA) is 38.7 Å². The quantitative estimate of drug-likeness (QED) is 0.258. The lowest BCUT2D eigenvalue weighted by atomic mass is 9.88. The van der Waals surface area contributed by atoms with E-state index in [4.69, 9.17) is 23.2 Å². The summed E-state index contributed by atoms with van der Waals surface area (Å²) in [5.74, 6) is -57.1. The molecule has 0 bridgehead atoms. The van der Waals surface area contributed by atoms with E-state index < -0.39 is 83.3 Å². The molecule has 0 amide bonds. The molecule has 0 N–H and O–H groups in total.